The molecule has 2 aromatic rings. The van der Waals surface area contributed by atoms with Crippen molar-refractivity contribution in [3.8, 4) is 0 Å². The standard InChI is InChI=1S/C22H33F3O6Si3/c1-6-18-32(26-2,27-3)30-34(20-13-9-7-10-14-20,21-15-11-8-12-16-21)31-33(28-4,29-5)19-17-22(23,24)25/h7-16H,6,17-19H2,1-5H3. The molecule has 0 saturated heterocycles. The summed E-state index contributed by atoms with van der Waals surface area (Å²) in [5.41, 5.74) is 0. The first kappa shape index (κ1) is 28.9. The van der Waals surface area contributed by atoms with Gasteiger partial charge in [-0.05, 0) is 10.4 Å². The number of benzene rings is 2. The Bertz CT molecular complexity index is 810. The van der Waals surface area contributed by atoms with Crippen molar-refractivity contribution in [2.24, 2.45) is 0 Å². The Morgan fingerprint density at radius 2 is 1.03 bits per heavy atom. The van der Waals surface area contributed by atoms with Gasteiger partial charge in [0.05, 0.1) is 0 Å². The molecule has 0 fully saturated rings. The molecule has 0 saturated carbocycles. The average molecular weight is 535 g/mol. The molecule has 0 amide bonds. The van der Waals surface area contributed by atoms with E-state index >= 15 is 0 Å². The van der Waals surface area contributed by atoms with E-state index in [4.69, 9.17) is 25.9 Å². The summed E-state index contributed by atoms with van der Waals surface area (Å²) in [5.74, 6) is 0. The molecule has 6 nitrogen and oxygen atoms in total. The molecule has 2 aromatic carbocycles. The Morgan fingerprint density at radius 1 is 0.647 bits per heavy atom. The zero-order chi connectivity index (χ0) is 25.3. The van der Waals surface area contributed by atoms with Gasteiger partial charge in [-0.2, -0.15) is 13.2 Å². The zero-order valence-electron chi connectivity index (χ0n) is 20.2. The minimum absolute atomic E-state index is 0.455. The SMILES string of the molecule is CCC[Si](OC)(OC)O[Si](O[Si](CCC(F)(F)F)(OC)OC)(c1ccccc1)c1ccccc1. The minimum atomic E-state index is -4.40. The van der Waals surface area contributed by atoms with E-state index in [2.05, 4.69) is 0 Å². The van der Waals surface area contributed by atoms with Gasteiger partial charge in [0.1, 0.15) is 0 Å². The van der Waals surface area contributed by atoms with Crippen LogP contribution in [0.5, 0.6) is 0 Å². The lowest BCUT2D eigenvalue weighted by Crippen LogP contribution is -2.73. The molecule has 0 N–H and O–H groups in total. The van der Waals surface area contributed by atoms with Crippen molar-refractivity contribution >= 4 is 36.5 Å². The van der Waals surface area contributed by atoms with E-state index in [1.165, 1.54) is 28.4 Å². The molecular weight excluding hydrogens is 501 g/mol. The van der Waals surface area contributed by atoms with E-state index in [0.29, 0.717) is 22.8 Å². The average Bonchev–Trinajstić information content (AvgIpc) is 2.86. The summed E-state index contributed by atoms with van der Waals surface area (Å²) >= 11 is 0. The van der Waals surface area contributed by atoms with Crippen molar-refractivity contribution in [1.29, 1.82) is 0 Å². The first-order chi connectivity index (χ1) is 16.1. The number of hydrogen-bond donors (Lipinski definition) is 0. The third kappa shape index (κ3) is 7.08. The van der Waals surface area contributed by atoms with E-state index in [1.54, 1.807) is 0 Å². The molecule has 2 rings (SSSR count). The van der Waals surface area contributed by atoms with Crippen molar-refractivity contribution in [1.82, 2.24) is 0 Å². The molecule has 0 aliphatic rings. The summed E-state index contributed by atoms with van der Waals surface area (Å²) in [6.45, 7) is 1.98. The quantitative estimate of drug-likeness (QED) is 0.340. The molecule has 0 atom stereocenters. The van der Waals surface area contributed by atoms with Gasteiger partial charge in [-0.1, -0.05) is 74.0 Å². The molecule has 0 unspecified atom stereocenters. The molecule has 12 heteroatoms. The highest BCUT2D eigenvalue weighted by atomic mass is 28.5. The lowest BCUT2D eigenvalue weighted by Gasteiger charge is -2.42. The number of halogens is 3. The first-order valence-electron chi connectivity index (χ1n) is 10.9. The van der Waals surface area contributed by atoms with Crippen LogP contribution in [0.15, 0.2) is 60.7 Å². The monoisotopic (exact) mass is 534 g/mol. The van der Waals surface area contributed by atoms with E-state index in [9.17, 15) is 13.2 Å². The van der Waals surface area contributed by atoms with Gasteiger partial charge >= 0.3 is 32.3 Å². The van der Waals surface area contributed by atoms with Crippen LogP contribution in [0.1, 0.15) is 19.8 Å². The fourth-order valence-electron chi connectivity index (χ4n) is 3.62. The Labute approximate surface area is 202 Å². The van der Waals surface area contributed by atoms with E-state index in [1.807, 2.05) is 67.6 Å². The topological polar surface area (TPSA) is 55.4 Å². The molecule has 0 radical (unpaired) electrons. The van der Waals surface area contributed by atoms with Crippen LogP contribution in [0.25, 0.3) is 0 Å². The van der Waals surface area contributed by atoms with Crippen LogP contribution >= 0.6 is 0 Å². The normalized spacial score (nSPS) is 13.3. The molecule has 0 spiro atoms. The van der Waals surface area contributed by atoms with E-state index < -0.39 is 44.8 Å². The van der Waals surface area contributed by atoms with Crippen LogP contribution < -0.4 is 10.4 Å². The highest BCUT2D eigenvalue weighted by Crippen LogP contribution is 2.31. The van der Waals surface area contributed by atoms with E-state index in [-0.39, 0.29) is 0 Å². The largest absolute Gasteiger partial charge is 0.492 e. The highest BCUT2D eigenvalue weighted by molar-refractivity contribution is 7.00. The van der Waals surface area contributed by atoms with Crippen LogP contribution in [0, 0.1) is 0 Å². The maximum absolute atomic E-state index is 13.2. The molecule has 0 aromatic heterocycles. The second-order valence-electron chi connectivity index (χ2n) is 7.60. The number of hydrogen-bond acceptors (Lipinski definition) is 6. The number of alkyl halides is 3. The van der Waals surface area contributed by atoms with Crippen molar-refractivity contribution < 1.29 is 39.1 Å². The lowest BCUT2D eigenvalue weighted by molar-refractivity contribution is -0.132. The first-order valence-corrected chi connectivity index (χ1v) is 16.6. The number of rotatable bonds is 14. The Balaban J connectivity index is 2.76. The summed E-state index contributed by atoms with van der Waals surface area (Å²) in [4.78, 5) is 0. The van der Waals surface area contributed by atoms with Crippen LogP contribution in [-0.4, -0.2) is 60.8 Å². The third-order valence-corrected chi connectivity index (χ3v) is 16.9. The van der Waals surface area contributed by atoms with Crippen molar-refractivity contribution in [2.45, 2.75) is 38.0 Å². The van der Waals surface area contributed by atoms with Crippen LogP contribution in [0.2, 0.25) is 12.1 Å². The Hall–Kier alpha value is -1.36. The van der Waals surface area contributed by atoms with Gasteiger partial charge in [-0.3, -0.25) is 0 Å². The molecule has 190 valence electrons. The highest BCUT2D eigenvalue weighted by Gasteiger charge is 2.59. The maximum Gasteiger partial charge on any atom is 0.492 e. The molecule has 34 heavy (non-hydrogen) atoms. The lowest BCUT2D eigenvalue weighted by atomic mass is 10.4. The van der Waals surface area contributed by atoms with Gasteiger partial charge < -0.3 is 25.9 Å². The summed E-state index contributed by atoms with van der Waals surface area (Å²) < 4.78 is 76.0. The van der Waals surface area contributed by atoms with Crippen molar-refractivity contribution in [2.75, 3.05) is 28.4 Å². The zero-order valence-corrected chi connectivity index (χ0v) is 23.2. The fraction of sp³-hybridized carbons (Fsp3) is 0.455. The third-order valence-electron chi connectivity index (χ3n) is 5.42. The summed E-state index contributed by atoms with van der Waals surface area (Å²) in [6.07, 6.45) is -4.79. The van der Waals surface area contributed by atoms with Crippen LogP contribution in [0.3, 0.4) is 0 Å². The minimum Gasteiger partial charge on any atom is -0.387 e. The Morgan fingerprint density at radius 3 is 1.35 bits per heavy atom. The molecular formula is C22H33F3O6Si3. The smallest absolute Gasteiger partial charge is 0.387 e. The predicted octanol–water partition coefficient (Wildman–Crippen LogP) is 4.10. The summed E-state index contributed by atoms with van der Waals surface area (Å²) in [6, 6.07) is 18.4. The summed E-state index contributed by atoms with van der Waals surface area (Å²) in [5, 5.41) is 1.36. The van der Waals surface area contributed by atoms with Crippen LogP contribution in [-0.2, 0) is 25.9 Å². The molecule has 0 aliphatic carbocycles. The second-order valence-corrected chi connectivity index (χ2v) is 17.0. The van der Waals surface area contributed by atoms with Gasteiger partial charge in [0.25, 0.3) is 0 Å². The second kappa shape index (κ2) is 12.6. The Kier molecular flexibility index (Phi) is 10.7. The molecule has 0 heterocycles. The molecule has 0 aliphatic heterocycles. The van der Waals surface area contributed by atoms with Crippen molar-refractivity contribution in [3.05, 3.63) is 60.7 Å². The van der Waals surface area contributed by atoms with E-state index in [0.717, 1.165) is 0 Å². The van der Waals surface area contributed by atoms with Gasteiger partial charge in [-0.25, -0.2) is 0 Å². The van der Waals surface area contributed by atoms with Crippen LogP contribution in [0.4, 0.5) is 13.2 Å². The predicted molar refractivity (Wildman–Crippen MR) is 130 cm³/mol. The molecule has 0 bridgehead atoms. The maximum atomic E-state index is 13.2. The van der Waals surface area contributed by atoms with Gasteiger partial charge in [-0.15, -0.1) is 0 Å². The summed E-state index contributed by atoms with van der Waals surface area (Å²) in [7, 11) is -5.31. The van der Waals surface area contributed by atoms with Gasteiger partial charge in [0.2, 0.25) is 0 Å². The van der Waals surface area contributed by atoms with Gasteiger partial charge in [0, 0.05) is 46.9 Å². The van der Waals surface area contributed by atoms with Crippen molar-refractivity contribution in [3.63, 3.8) is 0 Å². The fourth-order valence-corrected chi connectivity index (χ4v) is 15.6. The van der Waals surface area contributed by atoms with Gasteiger partial charge in [0.15, 0.2) is 0 Å².